The summed E-state index contributed by atoms with van der Waals surface area (Å²) in [6.45, 7) is 15.6. The van der Waals surface area contributed by atoms with Crippen LogP contribution >= 0.6 is 0 Å². The van der Waals surface area contributed by atoms with Crippen LogP contribution in [0.4, 0.5) is 4.79 Å². The Morgan fingerprint density at radius 3 is 2.30 bits per heavy atom. The summed E-state index contributed by atoms with van der Waals surface area (Å²) >= 11 is 0. The molecule has 3 atom stereocenters. The number of amides is 1. The van der Waals surface area contributed by atoms with Gasteiger partial charge in [0.05, 0.1) is 12.1 Å². The van der Waals surface area contributed by atoms with Gasteiger partial charge in [0.25, 0.3) is 0 Å². The highest BCUT2D eigenvalue weighted by Gasteiger charge is 2.39. The lowest BCUT2D eigenvalue weighted by Gasteiger charge is -2.36. The molecule has 30 heavy (non-hydrogen) atoms. The van der Waals surface area contributed by atoms with E-state index < -0.39 is 11.7 Å². The van der Waals surface area contributed by atoms with E-state index >= 15 is 0 Å². The lowest BCUT2D eigenvalue weighted by molar-refractivity contribution is 0.00201. The second kappa shape index (κ2) is 13.0. The summed E-state index contributed by atoms with van der Waals surface area (Å²) in [4.78, 5) is 14.9. The molecular weight excluding hydrogens is 376 g/mol. The molecule has 1 aliphatic carbocycles. The van der Waals surface area contributed by atoms with Crippen molar-refractivity contribution >= 4 is 6.09 Å². The van der Waals surface area contributed by atoms with E-state index in [1.807, 2.05) is 57.7 Å². The highest BCUT2D eigenvalue weighted by molar-refractivity contribution is 5.68. The largest absolute Gasteiger partial charge is 0.444 e. The van der Waals surface area contributed by atoms with E-state index in [0.29, 0.717) is 12.5 Å². The molecular formula is C25H44N2O3. The Bertz CT molecular complexity index is 594. The third kappa shape index (κ3) is 9.48. The van der Waals surface area contributed by atoms with Crippen LogP contribution in [0, 0.1) is 11.8 Å². The monoisotopic (exact) mass is 420 g/mol. The van der Waals surface area contributed by atoms with Crippen molar-refractivity contribution in [1.29, 1.82) is 0 Å². The predicted octanol–water partition coefficient (Wildman–Crippen LogP) is 5.23. The van der Waals surface area contributed by atoms with Crippen LogP contribution in [0.5, 0.6) is 0 Å². The van der Waals surface area contributed by atoms with E-state index in [1.54, 1.807) is 6.92 Å². The molecule has 0 spiro atoms. The summed E-state index contributed by atoms with van der Waals surface area (Å²) in [5.74, 6) is 0.546. The zero-order valence-corrected chi connectivity index (χ0v) is 20.1. The van der Waals surface area contributed by atoms with E-state index in [-0.39, 0.29) is 18.1 Å². The van der Waals surface area contributed by atoms with Gasteiger partial charge in [0, 0.05) is 25.6 Å². The van der Waals surface area contributed by atoms with Gasteiger partial charge in [0.15, 0.2) is 0 Å². The molecule has 0 bridgehead atoms. The molecule has 1 aliphatic rings. The van der Waals surface area contributed by atoms with Gasteiger partial charge in [-0.2, -0.15) is 0 Å². The van der Waals surface area contributed by atoms with Crippen molar-refractivity contribution in [3.8, 4) is 0 Å². The van der Waals surface area contributed by atoms with E-state index in [1.165, 1.54) is 5.56 Å². The van der Waals surface area contributed by atoms with Gasteiger partial charge in [-0.25, -0.2) is 4.79 Å². The topological polar surface area (TPSA) is 61.8 Å². The molecule has 1 aromatic carbocycles. The van der Waals surface area contributed by atoms with Crippen molar-refractivity contribution in [3.05, 3.63) is 35.9 Å². The van der Waals surface area contributed by atoms with Crippen LogP contribution in [0.25, 0.3) is 0 Å². The maximum Gasteiger partial charge on any atom is 0.410 e. The van der Waals surface area contributed by atoms with Crippen molar-refractivity contribution in [2.75, 3.05) is 13.1 Å². The number of carbonyl (C=O) groups is 1. The first-order valence-corrected chi connectivity index (χ1v) is 11.6. The first kappa shape index (κ1) is 26.4. The van der Waals surface area contributed by atoms with E-state index in [4.69, 9.17) is 4.74 Å². The second-order valence-corrected chi connectivity index (χ2v) is 9.06. The number of carbonyl (C=O) groups excluding carboxylic acids is 1. The zero-order chi connectivity index (χ0) is 22.7. The van der Waals surface area contributed by atoms with Crippen molar-refractivity contribution in [2.24, 2.45) is 11.8 Å². The van der Waals surface area contributed by atoms with E-state index in [2.05, 4.69) is 24.4 Å². The van der Waals surface area contributed by atoms with Crippen LogP contribution < -0.4 is 5.32 Å². The summed E-state index contributed by atoms with van der Waals surface area (Å²) < 4.78 is 5.73. The Labute approximate surface area is 184 Å². The number of benzene rings is 1. The molecule has 1 fully saturated rings. The highest BCUT2D eigenvalue weighted by atomic mass is 16.6. The number of hydrogen-bond acceptors (Lipinski definition) is 4. The lowest BCUT2D eigenvalue weighted by Crippen LogP contribution is -2.51. The van der Waals surface area contributed by atoms with Crippen LogP contribution in [0.1, 0.15) is 73.3 Å². The predicted molar refractivity (Wildman–Crippen MR) is 124 cm³/mol. The van der Waals surface area contributed by atoms with Crippen molar-refractivity contribution in [3.63, 3.8) is 0 Å². The molecule has 5 nitrogen and oxygen atoms in total. The third-order valence-corrected chi connectivity index (χ3v) is 5.36. The summed E-state index contributed by atoms with van der Waals surface area (Å²) in [6.07, 6.45) is 2.38. The van der Waals surface area contributed by atoms with Gasteiger partial charge >= 0.3 is 6.09 Å². The van der Waals surface area contributed by atoms with Crippen LogP contribution in [0.3, 0.4) is 0 Å². The molecule has 0 aromatic heterocycles. The summed E-state index contributed by atoms with van der Waals surface area (Å²) in [5.41, 5.74) is 0.698. The van der Waals surface area contributed by atoms with Crippen molar-refractivity contribution in [1.82, 2.24) is 10.2 Å². The van der Waals surface area contributed by atoms with Crippen molar-refractivity contribution < 1.29 is 14.6 Å². The Hall–Kier alpha value is -1.59. The number of nitrogens with one attached hydrogen (secondary N) is 1. The maximum absolute atomic E-state index is 13.0. The standard InChI is InChI=1S/C23H38N2O3.C2H6/c1-6-19(17(2)26)16-25(22(27)28-23(3,4)5)21(20-12-13-20)15-24-14-18-10-8-7-9-11-18;1-2/h7-11,17,19-21,24,26H,6,12-16H2,1-5H3;1-2H3. The van der Waals surface area contributed by atoms with Gasteiger partial charge in [-0.05, 0) is 58.4 Å². The maximum atomic E-state index is 13.0. The summed E-state index contributed by atoms with van der Waals surface area (Å²) in [7, 11) is 0. The summed E-state index contributed by atoms with van der Waals surface area (Å²) in [6, 6.07) is 10.4. The first-order chi connectivity index (χ1) is 14.2. The molecule has 1 saturated carbocycles. The Morgan fingerprint density at radius 2 is 1.83 bits per heavy atom. The molecule has 172 valence electrons. The lowest BCUT2D eigenvalue weighted by atomic mass is 9.98. The Balaban J connectivity index is 0.00000218. The highest BCUT2D eigenvalue weighted by Crippen LogP contribution is 2.36. The minimum absolute atomic E-state index is 0.0443. The zero-order valence-electron chi connectivity index (χ0n) is 20.1. The average molecular weight is 421 g/mol. The van der Waals surface area contributed by atoms with Gasteiger partial charge in [-0.15, -0.1) is 0 Å². The number of aliphatic hydroxyl groups excluding tert-OH is 1. The quantitative estimate of drug-likeness (QED) is 0.544. The second-order valence-electron chi connectivity index (χ2n) is 9.06. The number of aliphatic hydroxyl groups is 1. The van der Waals surface area contributed by atoms with Gasteiger partial charge in [0.1, 0.15) is 5.60 Å². The Kier molecular flexibility index (Phi) is 11.4. The first-order valence-electron chi connectivity index (χ1n) is 11.6. The van der Waals surface area contributed by atoms with Crippen molar-refractivity contribution in [2.45, 2.75) is 92.0 Å². The van der Waals surface area contributed by atoms with Gasteiger partial charge in [0.2, 0.25) is 0 Å². The fourth-order valence-corrected chi connectivity index (χ4v) is 3.51. The number of ether oxygens (including phenoxy) is 1. The molecule has 1 amide bonds. The van der Waals surface area contributed by atoms with Crippen LogP contribution in [-0.2, 0) is 11.3 Å². The minimum atomic E-state index is -0.534. The third-order valence-electron chi connectivity index (χ3n) is 5.36. The van der Waals surface area contributed by atoms with Gasteiger partial charge in [-0.3, -0.25) is 0 Å². The molecule has 5 heteroatoms. The number of nitrogens with zero attached hydrogens (tertiary/aromatic N) is 1. The van der Waals surface area contributed by atoms with Crippen LogP contribution in [0.15, 0.2) is 30.3 Å². The van der Waals surface area contributed by atoms with E-state index in [0.717, 1.165) is 32.4 Å². The molecule has 0 heterocycles. The Morgan fingerprint density at radius 1 is 1.23 bits per heavy atom. The van der Waals surface area contributed by atoms with Crippen LogP contribution in [-0.4, -0.2) is 46.9 Å². The van der Waals surface area contributed by atoms with E-state index in [9.17, 15) is 9.90 Å². The normalized spacial score (nSPS) is 16.7. The summed E-state index contributed by atoms with van der Waals surface area (Å²) in [5, 5.41) is 13.7. The molecule has 0 aliphatic heterocycles. The molecule has 1 aromatic rings. The molecule has 0 saturated heterocycles. The average Bonchev–Trinajstić information content (AvgIpc) is 3.53. The molecule has 0 radical (unpaired) electrons. The van der Waals surface area contributed by atoms with Gasteiger partial charge < -0.3 is 20.1 Å². The van der Waals surface area contributed by atoms with Crippen LogP contribution in [0.2, 0.25) is 0 Å². The fraction of sp³-hybridized carbons (Fsp3) is 0.720. The van der Waals surface area contributed by atoms with Gasteiger partial charge in [-0.1, -0.05) is 51.1 Å². The molecule has 2 N–H and O–H groups in total. The fourth-order valence-electron chi connectivity index (χ4n) is 3.51. The molecule has 3 unspecified atom stereocenters. The minimum Gasteiger partial charge on any atom is -0.444 e. The molecule has 2 rings (SSSR count). The number of rotatable bonds is 10. The SMILES string of the molecule is CC.CCC(CN(C(=O)OC(C)(C)C)C(CNCc1ccccc1)C1CC1)C(C)O. The smallest absolute Gasteiger partial charge is 0.410 e. The number of hydrogen-bond donors (Lipinski definition) is 2.